The van der Waals surface area contributed by atoms with E-state index < -0.39 is 11.8 Å². The van der Waals surface area contributed by atoms with Crippen molar-refractivity contribution in [3.8, 4) is 5.75 Å². The number of halogens is 1. The van der Waals surface area contributed by atoms with E-state index in [2.05, 4.69) is 25.9 Å². The van der Waals surface area contributed by atoms with Crippen LogP contribution in [0.1, 0.15) is 11.3 Å². The summed E-state index contributed by atoms with van der Waals surface area (Å²) in [7, 11) is 0. The van der Waals surface area contributed by atoms with Crippen molar-refractivity contribution in [2.45, 2.75) is 13.8 Å². The van der Waals surface area contributed by atoms with E-state index >= 15 is 0 Å². The average Bonchev–Trinajstić information content (AvgIpc) is 2.63. The van der Waals surface area contributed by atoms with Crippen LogP contribution < -0.4 is 20.7 Å². The molecule has 27 heavy (non-hydrogen) atoms. The van der Waals surface area contributed by atoms with Gasteiger partial charge in [0.05, 0.1) is 30.3 Å². The summed E-state index contributed by atoms with van der Waals surface area (Å²) < 4.78 is 25.2. The molecule has 0 atom stereocenters. The molecule has 1 aliphatic heterocycles. The third kappa shape index (κ3) is 5.14. The number of rotatable bonds is 4. The Morgan fingerprint density at radius 3 is 2.85 bits per heavy atom. The van der Waals surface area contributed by atoms with E-state index in [1.54, 1.807) is 19.9 Å². The number of carbonyl (C=O) groups is 1. The fourth-order valence-corrected chi connectivity index (χ4v) is 2.39. The average molecular weight is 373 g/mol. The normalized spacial score (nSPS) is 15.1. The molecule has 0 unspecified atom stereocenters. The van der Waals surface area contributed by atoms with E-state index in [1.807, 2.05) is 0 Å². The fraction of sp³-hybridized carbons (Fsp3) is 0.278. The van der Waals surface area contributed by atoms with E-state index in [0.29, 0.717) is 24.5 Å². The summed E-state index contributed by atoms with van der Waals surface area (Å²) in [6.45, 7) is 5.24. The van der Waals surface area contributed by atoms with Gasteiger partial charge in [0.2, 0.25) is 0 Å². The molecule has 1 fully saturated rings. The van der Waals surface area contributed by atoms with Gasteiger partial charge in [0, 0.05) is 6.54 Å². The minimum atomic E-state index is -0.596. The number of ether oxygens (including phenoxy) is 2. The van der Waals surface area contributed by atoms with Crippen LogP contribution in [0.2, 0.25) is 0 Å². The van der Waals surface area contributed by atoms with Gasteiger partial charge in [-0.1, -0.05) is 0 Å². The zero-order valence-corrected chi connectivity index (χ0v) is 15.0. The second kappa shape index (κ2) is 8.45. The molecule has 0 radical (unpaired) electrons. The summed E-state index contributed by atoms with van der Waals surface area (Å²) in [5.41, 5.74) is 1.55. The lowest BCUT2D eigenvalue weighted by Crippen LogP contribution is -2.29. The number of benzene rings is 1. The van der Waals surface area contributed by atoms with Gasteiger partial charge < -0.3 is 20.1 Å². The number of hydrogen-bond acceptors (Lipinski definition) is 6. The van der Waals surface area contributed by atoms with Gasteiger partial charge in [0.25, 0.3) is 0 Å². The Balaban J connectivity index is 1.75. The van der Waals surface area contributed by atoms with Gasteiger partial charge >= 0.3 is 6.03 Å². The first-order valence-electron chi connectivity index (χ1n) is 8.37. The Labute approximate surface area is 155 Å². The predicted molar refractivity (Wildman–Crippen MR) is 98.1 cm³/mol. The van der Waals surface area contributed by atoms with Gasteiger partial charge in [0.15, 0.2) is 17.4 Å². The highest BCUT2D eigenvalue weighted by atomic mass is 19.1. The van der Waals surface area contributed by atoms with Crippen LogP contribution in [-0.2, 0) is 4.74 Å². The standard InChI is InChI=1S/C18H20FN5O3/c1-11-5-14(19)17(27-10-13-8-20-3-4-26-13)15(6-11)23-18(25)24-16-9-21-12(2)7-22-16/h5-7,9-10,20H,3-4,8H2,1-2H3,(H2,22,23,24,25)/b13-10-. The lowest BCUT2D eigenvalue weighted by atomic mass is 10.2. The molecule has 9 heteroatoms. The predicted octanol–water partition coefficient (Wildman–Crippen LogP) is 2.72. The number of aromatic nitrogens is 2. The van der Waals surface area contributed by atoms with E-state index in [0.717, 1.165) is 12.2 Å². The largest absolute Gasteiger partial charge is 0.492 e. The molecule has 0 aliphatic carbocycles. The molecule has 0 saturated carbocycles. The first kappa shape index (κ1) is 18.6. The minimum absolute atomic E-state index is 0.104. The van der Waals surface area contributed by atoms with Crippen molar-refractivity contribution in [3.05, 3.63) is 53.6 Å². The summed E-state index contributed by atoms with van der Waals surface area (Å²) in [5, 5.41) is 8.23. The first-order valence-corrected chi connectivity index (χ1v) is 8.37. The molecule has 1 aromatic heterocycles. The van der Waals surface area contributed by atoms with E-state index in [4.69, 9.17) is 9.47 Å². The lowest BCUT2D eigenvalue weighted by molar-refractivity contribution is 0.168. The Kier molecular flexibility index (Phi) is 5.82. The summed E-state index contributed by atoms with van der Waals surface area (Å²) in [6, 6.07) is 2.34. The second-order valence-electron chi connectivity index (χ2n) is 5.97. The van der Waals surface area contributed by atoms with Gasteiger partial charge in [-0.05, 0) is 31.5 Å². The molecule has 8 nitrogen and oxygen atoms in total. The van der Waals surface area contributed by atoms with Crippen LogP contribution in [0.4, 0.5) is 20.7 Å². The maximum atomic E-state index is 14.4. The quantitative estimate of drug-likeness (QED) is 0.713. The molecule has 2 aromatic rings. The summed E-state index contributed by atoms with van der Waals surface area (Å²) in [4.78, 5) is 20.3. The number of nitrogens with zero attached hydrogens (tertiary/aromatic N) is 2. The Morgan fingerprint density at radius 2 is 2.15 bits per heavy atom. The molecule has 0 bridgehead atoms. The van der Waals surface area contributed by atoms with Crippen molar-refractivity contribution >= 4 is 17.5 Å². The van der Waals surface area contributed by atoms with E-state index in [1.165, 1.54) is 24.7 Å². The highest BCUT2D eigenvalue weighted by Gasteiger charge is 2.15. The molecule has 2 amide bonds. The van der Waals surface area contributed by atoms with E-state index in [9.17, 15) is 9.18 Å². The van der Waals surface area contributed by atoms with Gasteiger partial charge in [-0.3, -0.25) is 10.3 Å². The van der Waals surface area contributed by atoms with Gasteiger partial charge in [0.1, 0.15) is 18.6 Å². The highest BCUT2D eigenvalue weighted by Crippen LogP contribution is 2.30. The van der Waals surface area contributed by atoms with Gasteiger partial charge in [-0.15, -0.1) is 0 Å². The molecule has 3 rings (SSSR count). The van der Waals surface area contributed by atoms with Crippen molar-refractivity contribution in [2.24, 2.45) is 0 Å². The molecule has 1 aliphatic rings. The molecule has 0 spiro atoms. The Bertz CT molecular complexity index is 847. The summed E-state index contributed by atoms with van der Waals surface area (Å²) in [6.07, 6.45) is 4.29. The number of aryl methyl sites for hydroxylation is 2. The number of morpholine rings is 1. The number of nitrogens with one attached hydrogen (secondary N) is 3. The third-order valence-corrected chi connectivity index (χ3v) is 3.63. The topological polar surface area (TPSA) is 97.4 Å². The highest BCUT2D eigenvalue weighted by molar-refractivity contribution is 6.00. The maximum absolute atomic E-state index is 14.4. The van der Waals surface area contributed by atoms with Crippen LogP contribution in [-0.4, -0.2) is 35.7 Å². The smallest absolute Gasteiger partial charge is 0.325 e. The van der Waals surface area contributed by atoms with Crippen molar-refractivity contribution in [2.75, 3.05) is 30.3 Å². The molecule has 142 valence electrons. The van der Waals surface area contributed by atoms with Gasteiger partial charge in [-0.25, -0.2) is 14.2 Å². The molecule has 3 N–H and O–H groups in total. The molecular formula is C18H20FN5O3. The number of hydrogen-bond donors (Lipinski definition) is 3. The second-order valence-corrected chi connectivity index (χ2v) is 5.97. The molecule has 1 aromatic carbocycles. The third-order valence-electron chi connectivity index (χ3n) is 3.63. The SMILES string of the molecule is Cc1cc(F)c(O/C=C2/CNCCO2)c(NC(=O)Nc2cnc(C)cn2)c1. The van der Waals surface area contributed by atoms with Crippen LogP contribution in [0.5, 0.6) is 5.75 Å². The van der Waals surface area contributed by atoms with Crippen molar-refractivity contribution in [1.82, 2.24) is 15.3 Å². The van der Waals surface area contributed by atoms with Crippen molar-refractivity contribution < 1.29 is 18.7 Å². The van der Waals surface area contributed by atoms with Crippen LogP contribution in [0.15, 0.2) is 36.5 Å². The summed E-state index contributed by atoms with van der Waals surface area (Å²) in [5.74, 6) is 0.123. The number of amides is 2. The van der Waals surface area contributed by atoms with Gasteiger partial charge in [-0.2, -0.15) is 0 Å². The number of urea groups is 1. The maximum Gasteiger partial charge on any atom is 0.325 e. The van der Waals surface area contributed by atoms with E-state index in [-0.39, 0.29) is 17.3 Å². The fourth-order valence-electron chi connectivity index (χ4n) is 2.39. The van der Waals surface area contributed by atoms with Crippen LogP contribution in [0, 0.1) is 19.7 Å². The molecule has 2 heterocycles. The number of carbonyl (C=O) groups excluding carboxylic acids is 1. The van der Waals surface area contributed by atoms with Crippen LogP contribution in [0.3, 0.4) is 0 Å². The monoisotopic (exact) mass is 373 g/mol. The number of anilines is 2. The molecular weight excluding hydrogens is 353 g/mol. The lowest BCUT2D eigenvalue weighted by Gasteiger charge is -2.18. The minimum Gasteiger partial charge on any atom is -0.492 e. The Morgan fingerprint density at radius 1 is 1.30 bits per heavy atom. The summed E-state index contributed by atoms with van der Waals surface area (Å²) >= 11 is 0. The first-order chi connectivity index (χ1) is 13.0. The van der Waals surface area contributed by atoms with Crippen LogP contribution >= 0.6 is 0 Å². The molecule has 1 saturated heterocycles. The zero-order valence-electron chi connectivity index (χ0n) is 15.0. The van der Waals surface area contributed by atoms with Crippen molar-refractivity contribution in [1.29, 1.82) is 0 Å². The Hall–Kier alpha value is -3.20. The van der Waals surface area contributed by atoms with Crippen LogP contribution in [0.25, 0.3) is 0 Å². The zero-order chi connectivity index (χ0) is 19.2. The van der Waals surface area contributed by atoms with Crippen molar-refractivity contribution in [3.63, 3.8) is 0 Å².